The van der Waals surface area contributed by atoms with Crippen LogP contribution < -0.4 is 29.8 Å². The van der Waals surface area contributed by atoms with Crippen molar-refractivity contribution in [3.8, 4) is 23.0 Å². The molecule has 0 aliphatic rings. The lowest BCUT2D eigenvalue weighted by Gasteiger charge is -2.16. The zero-order chi connectivity index (χ0) is 20.5. The Labute approximate surface area is 163 Å². The molecule has 2 rings (SSSR count). The first-order valence-corrected chi connectivity index (χ1v) is 8.70. The third kappa shape index (κ3) is 5.54. The highest BCUT2D eigenvalue weighted by atomic mass is 16.5. The number of carbonyl (C=O) groups excluding carboxylic acids is 2. The van der Waals surface area contributed by atoms with E-state index in [1.54, 1.807) is 43.3 Å². The Kier molecular flexibility index (Phi) is 7.50. The van der Waals surface area contributed by atoms with Gasteiger partial charge in [-0.15, -0.1) is 0 Å². The molecular weight excluding hydrogens is 364 g/mol. The highest BCUT2D eigenvalue weighted by Crippen LogP contribution is 2.27. The Balaban J connectivity index is 1.89. The summed E-state index contributed by atoms with van der Waals surface area (Å²) in [6.07, 6.45) is -0.816. The number of hydrazine groups is 1. The molecule has 2 aromatic rings. The maximum atomic E-state index is 12.2. The van der Waals surface area contributed by atoms with Crippen molar-refractivity contribution in [2.24, 2.45) is 0 Å². The molecule has 28 heavy (non-hydrogen) atoms. The second-order valence-corrected chi connectivity index (χ2v) is 5.68. The van der Waals surface area contributed by atoms with Crippen molar-refractivity contribution in [1.29, 1.82) is 0 Å². The van der Waals surface area contributed by atoms with Crippen LogP contribution in [0.2, 0.25) is 0 Å². The normalized spacial score (nSPS) is 11.1. The van der Waals surface area contributed by atoms with E-state index in [1.165, 1.54) is 20.3 Å². The number of hydrogen-bond acceptors (Lipinski definition) is 6. The molecule has 0 bridgehead atoms. The molecule has 8 heteroatoms. The van der Waals surface area contributed by atoms with Crippen LogP contribution in [-0.4, -0.2) is 38.7 Å². The van der Waals surface area contributed by atoms with Gasteiger partial charge in [0.2, 0.25) is 0 Å². The molecule has 0 saturated heterocycles. The van der Waals surface area contributed by atoms with Crippen LogP contribution in [0.5, 0.6) is 23.0 Å². The summed E-state index contributed by atoms with van der Waals surface area (Å²) in [6.45, 7) is 4.04. The molecule has 150 valence electrons. The van der Waals surface area contributed by atoms with Gasteiger partial charge >= 0.3 is 0 Å². The van der Waals surface area contributed by atoms with Gasteiger partial charge in [-0.3, -0.25) is 20.4 Å². The smallest absolute Gasteiger partial charge is 0.279 e. The zero-order valence-corrected chi connectivity index (χ0v) is 16.3. The van der Waals surface area contributed by atoms with Crippen molar-refractivity contribution in [1.82, 2.24) is 10.9 Å². The van der Waals surface area contributed by atoms with Crippen LogP contribution in [0.15, 0.2) is 42.5 Å². The molecule has 2 N–H and O–H groups in total. The molecule has 1 atom stereocenters. The van der Waals surface area contributed by atoms with Crippen molar-refractivity contribution >= 4 is 11.8 Å². The van der Waals surface area contributed by atoms with Crippen LogP contribution in [0.25, 0.3) is 0 Å². The number of hydrogen-bond donors (Lipinski definition) is 2. The van der Waals surface area contributed by atoms with Crippen molar-refractivity contribution in [3.05, 3.63) is 48.0 Å². The molecule has 8 nitrogen and oxygen atoms in total. The summed E-state index contributed by atoms with van der Waals surface area (Å²) in [4.78, 5) is 24.4. The summed E-state index contributed by atoms with van der Waals surface area (Å²) in [7, 11) is 2.98. The standard InChI is InChI=1S/C20H24N2O6/c1-5-27-15-7-9-16(10-8-15)28-13(2)19(23)21-22-20(24)14-6-11-17(25-3)18(12-14)26-4/h6-13H,5H2,1-4H3,(H,21,23)(H,22,24)/t13-/m0/s1. The van der Waals surface area contributed by atoms with Crippen molar-refractivity contribution in [2.45, 2.75) is 20.0 Å². The molecular formula is C20H24N2O6. The predicted molar refractivity (Wildman–Crippen MR) is 103 cm³/mol. The van der Waals surface area contributed by atoms with Crippen LogP contribution >= 0.6 is 0 Å². The summed E-state index contributed by atoms with van der Waals surface area (Å²) < 4.78 is 21.2. The van der Waals surface area contributed by atoms with Gasteiger partial charge in [-0.2, -0.15) is 0 Å². The van der Waals surface area contributed by atoms with E-state index in [-0.39, 0.29) is 0 Å². The van der Waals surface area contributed by atoms with Crippen LogP contribution in [0.4, 0.5) is 0 Å². The number of ether oxygens (including phenoxy) is 4. The molecule has 0 heterocycles. The van der Waals surface area contributed by atoms with Crippen molar-refractivity contribution in [3.63, 3.8) is 0 Å². The average Bonchev–Trinajstić information content (AvgIpc) is 2.72. The van der Waals surface area contributed by atoms with E-state index in [0.29, 0.717) is 35.2 Å². The number of carbonyl (C=O) groups is 2. The number of amides is 2. The number of rotatable bonds is 8. The fraction of sp³-hybridized carbons (Fsp3) is 0.300. The van der Waals surface area contributed by atoms with E-state index >= 15 is 0 Å². The highest BCUT2D eigenvalue weighted by molar-refractivity contribution is 5.96. The van der Waals surface area contributed by atoms with Crippen LogP contribution in [0.1, 0.15) is 24.2 Å². The lowest BCUT2D eigenvalue weighted by Crippen LogP contribution is -2.47. The lowest BCUT2D eigenvalue weighted by atomic mass is 10.2. The predicted octanol–water partition coefficient (Wildman–Crippen LogP) is 2.33. The number of nitrogens with one attached hydrogen (secondary N) is 2. The minimum Gasteiger partial charge on any atom is -0.494 e. The maximum absolute atomic E-state index is 12.2. The summed E-state index contributed by atoms with van der Waals surface area (Å²) >= 11 is 0. The van der Waals surface area contributed by atoms with Gasteiger partial charge in [0.1, 0.15) is 11.5 Å². The first-order valence-electron chi connectivity index (χ1n) is 8.70. The van der Waals surface area contributed by atoms with Gasteiger partial charge in [0.15, 0.2) is 17.6 Å². The summed E-state index contributed by atoms with van der Waals surface area (Å²) in [5, 5.41) is 0. The van der Waals surface area contributed by atoms with Crippen molar-refractivity contribution in [2.75, 3.05) is 20.8 Å². The van der Waals surface area contributed by atoms with Crippen LogP contribution in [0, 0.1) is 0 Å². The van der Waals surface area contributed by atoms with Crippen LogP contribution in [0.3, 0.4) is 0 Å². The average molecular weight is 388 g/mol. The van der Waals surface area contributed by atoms with E-state index in [4.69, 9.17) is 18.9 Å². The monoisotopic (exact) mass is 388 g/mol. The van der Waals surface area contributed by atoms with E-state index in [9.17, 15) is 9.59 Å². The van der Waals surface area contributed by atoms with E-state index in [2.05, 4.69) is 10.9 Å². The second kappa shape index (κ2) is 10.1. The third-order valence-corrected chi connectivity index (χ3v) is 3.76. The molecule has 0 saturated carbocycles. The molecule has 0 fully saturated rings. The summed E-state index contributed by atoms with van der Waals surface area (Å²) in [5.74, 6) is 1.14. The van der Waals surface area contributed by atoms with Gasteiger partial charge in [0.25, 0.3) is 11.8 Å². The largest absolute Gasteiger partial charge is 0.494 e. The number of benzene rings is 2. The first-order chi connectivity index (χ1) is 13.5. The van der Waals surface area contributed by atoms with Gasteiger partial charge in [-0.1, -0.05) is 0 Å². The molecule has 0 aromatic heterocycles. The third-order valence-electron chi connectivity index (χ3n) is 3.76. The van der Waals surface area contributed by atoms with Gasteiger partial charge in [0, 0.05) is 5.56 Å². The van der Waals surface area contributed by atoms with Gasteiger partial charge in [-0.25, -0.2) is 0 Å². The summed E-state index contributed by atoms with van der Waals surface area (Å²) in [6, 6.07) is 11.6. The van der Waals surface area contributed by atoms with E-state index in [1.807, 2.05) is 6.92 Å². The second-order valence-electron chi connectivity index (χ2n) is 5.68. The number of methoxy groups -OCH3 is 2. The Morgan fingerprint density at radius 1 is 0.929 bits per heavy atom. The molecule has 0 spiro atoms. The Bertz CT molecular complexity index is 807. The van der Waals surface area contributed by atoms with E-state index in [0.717, 1.165) is 0 Å². The quantitative estimate of drug-likeness (QED) is 0.674. The molecule has 0 radical (unpaired) electrons. The topological polar surface area (TPSA) is 95.1 Å². The summed E-state index contributed by atoms with van der Waals surface area (Å²) in [5.41, 5.74) is 4.99. The fourth-order valence-corrected chi connectivity index (χ4v) is 2.31. The zero-order valence-electron chi connectivity index (χ0n) is 16.3. The molecule has 0 unspecified atom stereocenters. The Hall–Kier alpha value is -3.42. The maximum Gasteiger partial charge on any atom is 0.279 e. The fourth-order valence-electron chi connectivity index (χ4n) is 2.31. The SMILES string of the molecule is CCOc1ccc(O[C@@H](C)C(=O)NNC(=O)c2ccc(OC)c(OC)c2)cc1. The minimum absolute atomic E-state index is 0.304. The van der Waals surface area contributed by atoms with Gasteiger partial charge in [0.05, 0.1) is 20.8 Å². The van der Waals surface area contributed by atoms with Gasteiger partial charge in [-0.05, 0) is 56.3 Å². The molecule has 0 aliphatic carbocycles. The van der Waals surface area contributed by atoms with E-state index < -0.39 is 17.9 Å². The van der Waals surface area contributed by atoms with Gasteiger partial charge < -0.3 is 18.9 Å². The van der Waals surface area contributed by atoms with Crippen LogP contribution in [-0.2, 0) is 4.79 Å². The molecule has 2 aromatic carbocycles. The molecule has 2 amide bonds. The first kappa shape index (κ1) is 20.9. The molecule has 0 aliphatic heterocycles. The highest BCUT2D eigenvalue weighted by Gasteiger charge is 2.17. The minimum atomic E-state index is -0.816. The Morgan fingerprint density at radius 2 is 1.57 bits per heavy atom. The Morgan fingerprint density at radius 3 is 2.18 bits per heavy atom. The lowest BCUT2D eigenvalue weighted by molar-refractivity contribution is -0.128. The van der Waals surface area contributed by atoms with Crippen molar-refractivity contribution < 1.29 is 28.5 Å².